The fraction of sp³-hybridized carbons (Fsp3) is 0.588. The van der Waals surface area contributed by atoms with E-state index in [1.54, 1.807) is 34.3 Å². The molecule has 1 unspecified atom stereocenters. The number of carbonyl (C=O) groups excluding carboxylic acids is 1. The standard InChI is InChI=1S/C17H23N3O3S.ClH/c1-11-5-13-6-16(3-4-17(13)20(11)12(2)21)24(22,23)19-9-14-7-18-8-15(14)10-19;/h3-4,6,11,14-15,18H,5,7-10H2,1-2H3;1H/t11?,14-,15+;. The van der Waals surface area contributed by atoms with Gasteiger partial charge in [-0.05, 0) is 62.0 Å². The molecule has 6 nitrogen and oxygen atoms in total. The maximum Gasteiger partial charge on any atom is 0.243 e. The van der Waals surface area contributed by atoms with E-state index in [0.29, 0.717) is 36.2 Å². The van der Waals surface area contributed by atoms with Gasteiger partial charge in [0.1, 0.15) is 0 Å². The summed E-state index contributed by atoms with van der Waals surface area (Å²) < 4.78 is 27.6. The van der Waals surface area contributed by atoms with Crippen LogP contribution in [0.4, 0.5) is 5.69 Å². The van der Waals surface area contributed by atoms with Crippen LogP contribution in [-0.2, 0) is 21.2 Å². The fourth-order valence-corrected chi connectivity index (χ4v) is 6.01. The summed E-state index contributed by atoms with van der Waals surface area (Å²) in [5, 5.41) is 3.33. The number of rotatable bonds is 2. The van der Waals surface area contributed by atoms with Crippen molar-refractivity contribution in [2.45, 2.75) is 31.2 Å². The molecule has 1 aromatic rings. The molecule has 1 N–H and O–H groups in total. The van der Waals surface area contributed by atoms with Crippen LogP contribution in [0.1, 0.15) is 19.4 Å². The second-order valence-corrected chi connectivity index (χ2v) is 9.17. The van der Waals surface area contributed by atoms with Crippen molar-refractivity contribution in [2.75, 3.05) is 31.1 Å². The molecule has 0 aromatic heterocycles. The van der Waals surface area contributed by atoms with E-state index in [1.807, 2.05) is 6.92 Å². The topological polar surface area (TPSA) is 69.7 Å². The summed E-state index contributed by atoms with van der Waals surface area (Å²) in [6.45, 7) is 6.57. The third-order valence-corrected chi connectivity index (χ3v) is 7.43. The Kier molecular flexibility index (Phi) is 4.87. The molecule has 2 fully saturated rings. The zero-order chi connectivity index (χ0) is 17.1. The van der Waals surface area contributed by atoms with Gasteiger partial charge in [0.05, 0.1) is 4.90 Å². The molecule has 3 heterocycles. The average molecular weight is 386 g/mol. The van der Waals surface area contributed by atoms with Crippen LogP contribution in [0.5, 0.6) is 0 Å². The van der Waals surface area contributed by atoms with Crippen molar-refractivity contribution in [1.29, 1.82) is 0 Å². The number of carbonyl (C=O) groups is 1. The van der Waals surface area contributed by atoms with Crippen LogP contribution in [0.2, 0.25) is 0 Å². The summed E-state index contributed by atoms with van der Waals surface area (Å²) in [5.74, 6) is 0.863. The zero-order valence-electron chi connectivity index (χ0n) is 14.4. The molecule has 0 spiro atoms. The predicted octanol–water partition coefficient (Wildman–Crippen LogP) is 1.25. The van der Waals surface area contributed by atoms with Gasteiger partial charge in [-0.15, -0.1) is 12.4 Å². The van der Waals surface area contributed by atoms with Crippen LogP contribution in [0.3, 0.4) is 0 Å². The van der Waals surface area contributed by atoms with Gasteiger partial charge >= 0.3 is 0 Å². The number of benzene rings is 1. The molecule has 0 saturated carbocycles. The Morgan fingerprint density at radius 1 is 1.20 bits per heavy atom. The fourth-order valence-electron chi connectivity index (χ4n) is 4.41. The minimum Gasteiger partial charge on any atom is -0.316 e. The van der Waals surface area contributed by atoms with E-state index in [4.69, 9.17) is 0 Å². The van der Waals surface area contributed by atoms with E-state index >= 15 is 0 Å². The number of amides is 1. The highest BCUT2D eigenvalue weighted by Gasteiger charge is 2.42. The Labute approximate surface area is 155 Å². The molecule has 3 aliphatic heterocycles. The number of fused-ring (bicyclic) bond motifs is 2. The summed E-state index contributed by atoms with van der Waals surface area (Å²) in [6.07, 6.45) is 0.702. The lowest BCUT2D eigenvalue weighted by Gasteiger charge is -2.21. The zero-order valence-corrected chi connectivity index (χ0v) is 16.1. The summed E-state index contributed by atoms with van der Waals surface area (Å²) in [4.78, 5) is 13.9. The third kappa shape index (κ3) is 2.97. The highest BCUT2D eigenvalue weighted by Crippen LogP contribution is 2.36. The van der Waals surface area contributed by atoms with Crippen molar-refractivity contribution in [3.8, 4) is 0 Å². The third-order valence-electron chi connectivity index (χ3n) is 5.60. The van der Waals surface area contributed by atoms with Gasteiger partial charge in [-0.1, -0.05) is 0 Å². The van der Waals surface area contributed by atoms with E-state index in [9.17, 15) is 13.2 Å². The minimum atomic E-state index is -3.46. The first-order chi connectivity index (χ1) is 11.4. The summed E-state index contributed by atoms with van der Waals surface area (Å²) in [5.41, 5.74) is 1.79. The first-order valence-electron chi connectivity index (χ1n) is 8.51. The van der Waals surface area contributed by atoms with Gasteiger partial charge in [0.15, 0.2) is 0 Å². The highest BCUT2D eigenvalue weighted by molar-refractivity contribution is 7.89. The molecule has 3 atom stereocenters. The van der Waals surface area contributed by atoms with Crippen molar-refractivity contribution in [3.63, 3.8) is 0 Å². The maximum absolute atomic E-state index is 13.0. The van der Waals surface area contributed by atoms with Gasteiger partial charge in [-0.25, -0.2) is 8.42 Å². The Bertz CT molecular complexity index is 786. The minimum absolute atomic E-state index is 0. The molecule has 4 rings (SSSR count). The Morgan fingerprint density at radius 2 is 1.84 bits per heavy atom. The lowest BCUT2D eigenvalue weighted by molar-refractivity contribution is -0.116. The van der Waals surface area contributed by atoms with Gasteiger partial charge in [0.25, 0.3) is 0 Å². The first-order valence-corrected chi connectivity index (χ1v) is 9.95. The molecule has 138 valence electrons. The van der Waals surface area contributed by atoms with Crippen LogP contribution >= 0.6 is 12.4 Å². The normalized spacial score (nSPS) is 28.6. The number of nitrogens with one attached hydrogen (secondary N) is 1. The van der Waals surface area contributed by atoms with E-state index in [-0.39, 0.29) is 24.4 Å². The molecular weight excluding hydrogens is 362 g/mol. The molecule has 1 aromatic carbocycles. The molecule has 0 radical (unpaired) electrons. The number of nitrogens with zero attached hydrogens (tertiary/aromatic N) is 2. The molecule has 8 heteroatoms. The van der Waals surface area contributed by atoms with Crippen LogP contribution in [-0.4, -0.2) is 50.9 Å². The van der Waals surface area contributed by atoms with Gasteiger partial charge < -0.3 is 10.2 Å². The number of hydrogen-bond donors (Lipinski definition) is 1. The molecule has 0 aliphatic carbocycles. The number of sulfonamides is 1. The van der Waals surface area contributed by atoms with E-state index in [0.717, 1.165) is 24.3 Å². The van der Waals surface area contributed by atoms with Gasteiger partial charge in [-0.2, -0.15) is 4.31 Å². The van der Waals surface area contributed by atoms with Crippen molar-refractivity contribution >= 4 is 34.0 Å². The Morgan fingerprint density at radius 3 is 2.44 bits per heavy atom. The molecular formula is C17H24ClN3O3S. The lowest BCUT2D eigenvalue weighted by Crippen LogP contribution is -2.33. The SMILES string of the molecule is CC(=O)N1c2ccc(S(=O)(=O)N3C[C@H]4CNC[C@H]4C3)cc2CC1C.Cl. The summed E-state index contributed by atoms with van der Waals surface area (Å²) in [6, 6.07) is 5.27. The van der Waals surface area contributed by atoms with Crippen molar-refractivity contribution < 1.29 is 13.2 Å². The predicted molar refractivity (Wildman–Crippen MR) is 98.6 cm³/mol. The summed E-state index contributed by atoms with van der Waals surface area (Å²) >= 11 is 0. The first kappa shape index (κ1) is 18.6. The van der Waals surface area contributed by atoms with Gasteiger partial charge in [0, 0.05) is 31.7 Å². The van der Waals surface area contributed by atoms with Crippen LogP contribution in [0.15, 0.2) is 23.1 Å². The lowest BCUT2D eigenvalue weighted by atomic mass is 10.0. The Hall–Kier alpha value is -1.15. The molecule has 2 saturated heterocycles. The highest BCUT2D eigenvalue weighted by atomic mass is 35.5. The summed E-state index contributed by atoms with van der Waals surface area (Å²) in [7, 11) is -3.46. The number of anilines is 1. The average Bonchev–Trinajstić information content (AvgIpc) is 3.17. The van der Waals surface area contributed by atoms with Crippen molar-refractivity contribution in [2.24, 2.45) is 11.8 Å². The van der Waals surface area contributed by atoms with Crippen molar-refractivity contribution in [3.05, 3.63) is 23.8 Å². The number of hydrogen-bond acceptors (Lipinski definition) is 4. The number of halogens is 1. The van der Waals surface area contributed by atoms with E-state index in [1.165, 1.54) is 0 Å². The van der Waals surface area contributed by atoms with Crippen LogP contribution in [0.25, 0.3) is 0 Å². The molecule has 25 heavy (non-hydrogen) atoms. The van der Waals surface area contributed by atoms with Gasteiger partial charge in [0.2, 0.25) is 15.9 Å². The van der Waals surface area contributed by atoms with Gasteiger partial charge in [-0.3, -0.25) is 4.79 Å². The molecule has 3 aliphatic rings. The van der Waals surface area contributed by atoms with E-state index in [2.05, 4.69) is 5.32 Å². The van der Waals surface area contributed by atoms with Crippen molar-refractivity contribution in [1.82, 2.24) is 9.62 Å². The van der Waals surface area contributed by atoms with Crippen LogP contribution < -0.4 is 10.2 Å². The van der Waals surface area contributed by atoms with E-state index < -0.39 is 10.0 Å². The quantitative estimate of drug-likeness (QED) is 0.831. The smallest absolute Gasteiger partial charge is 0.243 e. The molecule has 1 amide bonds. The second kappa shape index (κ2) is 6.54. The largest absolute Gasteiger partial charge is 0.316 e. The maximum atomic E-state index is 13.0. The van der Waals surface area contributed by atoms with Crippen LogP contribution in [0, 0.1) is 11.8 Å². The Balaban J connectivity index is 0.00000182. The molecule has 0 bridgehead atoms. The second-order valence-electron chi connectivity index (χ2n) is 7.23. The monoisotopic (exact) mass is 385 g/mol.